The van der Waals surface area contributed by atoms with Crippen LogP contribution in [0.3, 0.4) is 0 Å². The Kier molecular flexibility index (Phi) is 13.0. The quantitative estimate of drug-likeness (QED) is 0.0889. The predicted octanol–water partition coefficient (Wildman–Crippen LogP) is 21.0. The summed E-state index contributed by atoms with van der Waals surface area (Å²) in [5, 5.41) is 12.8. The Hall–Kier alpha value is -9.07. The second-order valence-electron chi connectivity index (χ2n) is 23.3. The summed E-state index contributed by atoms with van der Waals surface area (Å²) in [5.41, 5.74) is 16.6. The summed E-state index contributed by atoms with van der Waals surface area (Å²) in [7, 11) is -2.91. The van der Waals surface area contributed by atoms with Crippen LogP contribution < -0.4 is 20.2 Å². The Morgan fingerprint density at radius 3 is 0.575 bits per heavy atom. The van der Waals surface area contributed by atoms with Crippen LogP contribution in [-0.2, 0) is 0 Å². The van der Waals surface area contributed by atoms with E-state index in [-0.39, 0.29) is 0 Å². The lowest BCUT2D eigenvalue weighted by Gasteiger charge is -2.27. The van der Waals surface area contributed by atoms with Gasteiger partial charge >= 0.3 is 0 Å². The highest BCUT2D eigenvalue weighted by molar-refractivity contribution is 6.89. The highest BCUT2D eigenvalue weighted by Gasteiger charge is 2.23. The van der Waals surface area contributed by atoms with Crippen molar-refractivity contribution in [3.05, 3.63) is 279 Å². The van der Waals surface area contributed by atoms with E-state index in [4.69, 9.17) is 0 Å². The largest absolute Gasteiger partial charge is 0.311 e. The van der Waals surface area contributed by atoms with E-state index >= 15 is 0 Å². The first-order valence-corrected chi connectivity index (χ1v) is 35.1. The van der Waals surface area contributed by atoms with Crippen molar-refractivity contribution in [2.24, 2.45) is 0 Å². The van der Waals surface area contributed by atoms with Gasteiger partial charge in [0, 0.05) is 34.1 Å². The van der Waals surface area contributed by atoms with Crippen LogP contribution in [0.4, 0.5) is 34.1 Å². The van der Waals surface area contributed by atoms with Gasteiger partial charge in [0.15, 0.2) is 0 Å². The van der Waals surface area contributed by atoms with Crippen LogP contribution in [0.15, 0.2) is 279 Å². The first-order valence-electron chi connectivity index (χ1n) is 28.1. The van der Waals surface area contributed by atoms with Crippen molar-refractivity contribution in [2.45, 2.75) is 39.3 Å². The molecule has 13 rings (SSSR count). The van der Waals surface area contributed by atoms with Gasteiger partial charge in [-0.2, -0.15) is 0 Å². The van der Waals surface area contributed by atoms with E-state index in [0.29, 0.717) is 0 Å². The monoisotopic (exact) mass is 1060 g/mol. The molecule has 0 aromatic heterocycles. The molecule has 0 aliphatic heterocycles. The van der Waals surface area contributed by atoms with E-state index in [1.54, 1.807) is 0 Å². The maximum atomic E-state index is 2.41. The Balaban J connectivity index is 0.877. The summed E-state index contributed by atoms with van der Waals surface area (Å²) in [4.78, 5) is 4.74. The molecular weight excluding hydrogens is 997 g/mol. The van der Waals surface area contributed by atoms with Gasteiger partial charge in [-0.25, -0.2) is 0 Å². The van der Waals surface area contributed by atoms with Gasteiger partial charge in [0.2, 0.25) is 0 Å². The lowest BCUT2D eigenvalue weighted by molar-refractivity contribution is 1.28. The number of hydrogen-bond acceptors (Lipinski definition) is 2. The molecule has 0 unspecified atom stereocenters. The molecule has 0 N–H and O–H groups in total. The summed E-state index contributed by atoms with van der Waals surface area (Å²) in [6.45, 7) is 14.4. The summed E-state index contributed by atoms with van der Waals surface area (Å²) >= 11 is 0. The molecule has 13 aromatic rings. The Morgan fingerprint density at radius 1 is 0.188 bits per heavy atom. The average Bonchev–Trinajstić information content (AvgIpc) is 3.54. The van der Waals surface area contributed by atoms with E-state index in [0.717, 1.165) is 34.1 Å². The second kappa shape index (κ2) is 20.6. The van der Waals surface area contributed by atoms with Crippen molar-refractivity contribution < 1.29 is 0 Å². The van der Waals surface area contributed by atoms with Gasteiger partial charge in [0.1, 0.15) is 0 Å². The van der Waals surface area contributed by atoms with E-state index in [9.17, 15) is 0 Å². The third kappa shape index (κ3) is 9.30. The molecule has 0 radical (unpaired) electrons. The second-order valence-corrected chi connectivity index (χ2v) is 33.4. The number of benzene rings is 13. The van der Waals surface area contributed by atoms with Gasteiger partial charge in [0.25, 0.3) is 0 Å². The van der Waals surface area contributed by atoms with E-state index < -0.39 is 16.1 Å². The summed E-state index contributed by atoms with van der Waals surface area (Å²) in [6.07, 6.45) is 0. The Morgan fingerprint density at radius 2 is 0.362 bits per heavy atom. The van der Waals surface area contributed by atoms with Gasteiger partial charge in [-0.3, -0.25) is 0 Å². The molecule has 0 atom stereocenters. The van der Waals surface area contributed by atoms with Crippen molar-refractivity contribution in [1.82, 2.24) is 0 Å². The molecule has 13 aromatic carbocycles. The molecule has 0 saturated carbocycles. The van der Waals surface area contributed by atoms with E-state index in [2.05, 4.69) is 328 Å². The van der Waals surface area contributed by atoms with Gasteiger partial charge in [-0.1, -0.05) is 256 Å². The maximum Gasteiger partial charge on any atom is 0.0775 e. The van der Waals surface area contributed by atoms with Crippen molar-refractivity contribution in [3.63, 3.8) is 0 Å². The van der Waals surface area contributed by atoms with Crippen LogP contribution in [0.5, 0.6) is 0 Å². The smallest absolute Gasteiger partial charge is 0.0775 e. The van der Waals surface area contributed by atoms with Gasteiger partial charge in [0.05, 0.1) is 16.1 Å². The van der Waals surface area contributed by atoms with Crippen LogP contribution in [-0.4, -0.2) is 16.1 Å². The third-order valence-electron chi connectivity index (χ3n) is 16.2. The van der Waals surface area contributed by atoms with Crippen LogP contribution in [0, 0.1) is 0 Å². The minimum atomic E-state index is -1.45. The molecule has 0 amide bonds. The average molecular weight is 1060 g/mol. The fourth-order valence-corrected chi connectivity index (χ4v) is 14.5. The van der Waals surface area contributed by atoms with Crippen molar-refractivity contribution >= 4 is 104 Å². The summed E-state index contributed by atoms with van der Waals surface area (Å²) in [6, 6.07) is 104. The molecule has 0 bridgehead atoms. The molecule has 0 aliphatic carbocycles. The van der Waals surface area contributed by atoms with Gasteiger partial charge in [-0.15, -0.1) is 0 Å². The molecule has 386 valence electrons. The fraction of sp³-hybridized carbons (Fsp3) is 0.0789. The summed E-state index contributed by atoms with van der Waals surface area (Å²) < 4.78 is 0. The van der Waals surface area contributed by atoms with Crippen LogP contribution in [0.25, 0.3) is 87.6 Å². The van der Waals surface area contributed by atoms with Crippen molar-refractivity contribution in [3.8, 4) is 44.5 Å². The zero-order valence-electron chi connectivity index (χ0n) is 46.5. The lowest BCUT2D eigenvalue weighted by Crippen LogP contribution is -2.37. The highest BCUT2D eigenvalue weighted by Crippen LogP contribution is 2.48. The SMILES string of the molecule is C[Si](C)(C)c1ccc(N(c2ccccc2)c2ccc(-c3c4ccccc4c(-c4ccc(-c5c6ccccc6c(-c6ccc(N(c7ccccc7)c7ccc([Si](C)(C)C)cc7)cc6)c6ccccc56)cc4)c4ccccc34)cc2)cc1. The van der Waals surface area contributed by atoms with Gasteiger partial charge in [-0.05, 0) is 160 Å². The number of anilines is 6. The first kappa shape index (κ1) is 50.4. The molecule has 0 fully saturated rings. The molecule has 80 heavy (non-hydrogen) atoms. The summed E-state index contributed by atoms with van der Waals surface area (Å²) in [5.74, 6) is 0. The molecule has 2 nitrogen and oxygen atoms in total. The third-order valence-corrected chi connectivity index (χ3v) is 20.3. The normalized spacial score (nSPS) is 11.9. The van der Waals surface area contributed by atoms with Crippen molar-refractivity contribution in [2.75, 3.05) is 9.80 Å². The lowest BCUT2D eigenvalue weighted by atomic mass is 9.84. The topological polar surface area (TPSA) is 6.48 Å². The minimum Gasteiger partial charge on any atom is -0.311 e. The van der Waals surface area contributed by atoms with Crippen LogP contribution in [0.1, 0.15) is 0 Å². The predicted molar refractivity (Wildman–Crippen MR) is 354 cm³/mol. The molecule has 0 aliphatic rings. The van der Waals surface area contributed by atoms with Crippen LogP contribution >= 0.6 is 0 Å². The van der Waals surface area contributed by atoms with Gasteiger partial charge < -0.3 is 9.80 Å². The maximum absolute atomic E-state index is 2.41. The van der Waals surface area contributed by atoms with E-state index in [1.807, 2.05) is 0 Å². The minimum absolute atomic E-state index is 1.13. The molecular formula is C76H64N2Si2. The zero-order valence-corrected chi connectivity index (χ0v) is 48.5. The number of fused-ring (bicyclic) bond motifs is 4. The highest BCUT2D eigenvalue weighted by atomic mass is 28.3. The molecule has 0 saturated heterocycles. The number of rotatable bonds is 12. The number of nitrogens with zero attached hydrogens (tertiary/aromatic N) is 2. The van der Waals surface area contributed by atoms with Crippen molar-refractivity contribution in [1.29, 1.82) is 0 Å². The Labute approximate surface area is 473 Å². The standard InChI is InChI=1S/C76H64N2Si2/c1-79(2,3)63-49-45-61(46-50-63)77(57-21-9-7-10-22-57)59-41-37-55(38-42-59)75-69-29-17-13-25-65(69)73(66-26-14-18-30-70(66)75)53-33-35-54(36-34-53)74-67-27-15-19-31-71(67)76(72-32-20-16-28-68(72)74)56-39-43-60(44-40-56)78(58-23-11-8-12-24-58)62-47-51-64(52-48-62)80(4,5)6/h7-52H,1-6H3. The molecule has 4 heteroatoms. The Bertz CT molecular complexity index is 3970. The first-order chi connectivity index (χ1) is 39.0. The van der Waals surface area contributed by atoms with E-state index in [1.165, 1.54) is 98.0 Å². The number of hydrogen-bond donors (Lipinski definition) is 0. The molecule has 0 heterocycles. The fourth-order valence-electron chi connectivity index (χ4n) is 12.1. The molecule has 0 spiro atoms. The van der Waals surface area contributed by atoms with Crippen LogP contribution in [0.2, 0.25) is 39.3 Å². The number of para-hydroxylation sites is 2. The zero-order chi connectivity index (χ0) is 54.5.